The third-order valence-corrected chi connectivity index (χ3v) is 7.25. The van der Waals surface area contributed by atoms with E-state index in [1.807, 2.05) is 6.07 Å². The Labute approximate surface area is 210 Å². The van der Waals surface area contributed by atoms with Gasteiger partial charge in [-0.05, 0) is 48.6 Å². The number of nitrogens with one attached hydrogen (secondary N) is 2. The van der Waals surface area contributed by atoms with Crippen LogP contribution in [0, 0.1) is 5.92 Å². The fourth-order valence-electron chi connectivity index (χ4n) is 3.69. The molecule has 1 amide bonds. The van der Waals surface area contributed by atoms with Crippen molar-refractivity contribution in [2.24, 2.45) is 5.92 Å². The predicted octanol–water partition coefficient (Wildman–Crippen LogP) is 1.46. The molecule has 2 atom stereocenters. The fourth-order valence-corrected chi connectivity index (χ4v) is 4.89. The van der Waals surface area contributed by atoms with Crippen LogP contribution in [0.2, 0.25) is 0 Å². The van der Waals surface area contributed by atoms with Crippen LogP contribution < -0.4 is 14.8 Å². The third kappa shape index (κ3) is 7.34. The molecule has 4 N–H and O–H groups in total. The van der Waals surface area contributed by atoms with Crippen LogP contribution in [-0.2, 0) is 21.2 Å². The van der Waals surface area contributed by atoms with E-state index in [9.17, 15) is 23.3 Å². The average Bonchev–Trinajstić information content (AvgIpc) is 3.69. The Balaban J connectivity index is 1.50. The van der Waals surface area contributed by atoms with Gasteiger partial charge >= 0.3 is 7.12 Å². The Morgan fingerprint density at radius 3 is 2.42 bits per heavy atom. The Morgan fingerprint density at radius 1 is 1.08 bits per heavy atom. The van der Waals surface area contributed by atoms with Crippen LogP contribution in [0.3, 0.4) is 0 Å². The Kier molecular flexibility index (Phi) is 8.31. The summed E-state index contributed by atoms with van der Waals surface area (Å²) < 4.78 is 34.3. The van der Waals surface area contributed by atoms with Gasteiger partial charge < -0.3 is 20.1 Å². The van der Waals surface area contributed by atoms with Crippen molar-refractivity contribution < 1.29 is 28.0 Å². The zero-order valence-electron chi connectivity index (χ0n) is 19.4. The molecule has 188 valence electrons. The van der Waals surface area contributed by atoms with E-state index < -0.39 is 35.0 Å². The SMILES string of the molecule is O=C(N[C@@H](CC1CC1)B(O)O)[C@H](Cc1ccccc1)NS(=O)(=O)c1ccc(Oc2cnccn2)cc1. The summed E-state index contributed by atoms with van der Waals surface area (Å²) in [4.78, 5) is 21.0. The van der Waals surface area contributed by atoms with Crippen LogP contribution in [0.25, 0.3) is 0 Å². The van der Waals surface area contributed by atoms with Gasteiger partial charge in [-0.1, -0.05) is 43.2 Å². The highest BCUT2D eigenvalue weighted by Crippen LogP contribution is 2.33. The van der Waals surface area contributed by atoms with E-state index in [0.29, 0.717) is 18.1 Å². The van der Waals surface area contributed by atoms with Crippen molar-refractivity contribution in [2.75, 3.05) is 0 Å². The summed E-state index contributed by atoms with van der Waals surface area (Å²) >= 11 is 0. The molecule has 10 nitrogen and oxygen atoms in total. The van der Waals surface area contributed by atoms with Crippen molar-refractivity contribution in [1.82, 2.24) is 20.0 Å². The van der Waals surface area contributed by atoms with E-state index in [2.05, 4.69) is 20.0 Å². The molecule has 0 spiro atoms. The molecule has 0 saturated heterocycles. The number of hydrogen-bond acceptors (Lipinski definition) is 8. The largest absolute Gasteiger partial charge is 0.475 e. The van der Waals surface area contributed by atoms with Gasteiger partial charge in [-0.2, -0.15) is 4.72 Å². The van der Waals surface area contributed by atoms with Gasteiger partial charge in [-0.25, -0.2) is 13.4 Å². The standard InChI is InChI=1S/C24H27BN4O6S/c30-24(28-22(25(31)32)15-18-6-7-18)21(14-17-4-2-1-3-5-17)29-36(33,34)20-10-8-19(9-11-20)35-23-16-26-12-13-27-23/h1-5,8-13,16,18,21-22,29,31-32H,6-7,14-15H2,(H,28,30)/t21-,22-/m0/s1. The van der Waals surface area contributed by atoms with Crippen molar-refractivity contribution in [2.45, 2.75) is 42.6 Å². The number of hydrogen-bond donors (Lipinski definition) is 4. The van der Waals surface area contributed by atoms with Crippen LogP contribution >= 0.6 is 0 Å². The summed E-state index contributed by atoms with van der Waals surface area (Å²) in [6.45, 7) is 0. The van der Waals surface area contributed by atoms with Crippen molar-refractivity contribution in [3.05, 3.63) is 78.8 Å². The Hall–Kier alpha value is -3.32. The molecule has 4 rings (SSSR count). The number of nitrogens with zero attached hydrogens (tertiary/aromatic N) is 2. The third-order valence-electron chi connectivity index (χ3n) is 5.76. The molecule has 0 unspecified atom stereocenters. The molecule has 3 aromatic rings. The molecule has 1 aliphatic rings. The Morgan fingerprint density at radius 2 is 1.81 bits per heavy atom. The zero-order valence-corrected chi connectivity index (χ0v) is 20.2. The molecule has 2 aromatic carbocycles. The maximum atomic E-state index is 13.2. The van der Waals surface area contributed by atoms with Crippen LogP contribution in [-0.4, -0.2) is 53.4 Å². The molecule has 1 aromatic heterocycles. The van der Waals surface area contributed by atoms with E-state index in [1.54, 1.807) is 24.3 Å². The second-order valence-electron chi connectivity index (χ2n) is 8.69. The summed E-state index contributed by atoms with van der Waals surface area (Å²) in [6.07, 6.45) is 6.84. The highest BCUT2D eigenvalue weighted by atomic mass is 32.2. The highest BCUT2D eigenvalue weighted by Gasteiger charge is 2.35. The maximum absolute atomic E-state index is 13.2. The average molecular weight is 510 g/mol. The summed E-state index contributed by atoms with van der Waals surface area (Å²) in [6, 6.07) is 13.5. The molecule has 1 saturated carbocycles. The fraction of sp³-hybridized carbons (Fsp3) is 0.292. The summed E-state index contributed by atoms with van der Waals surface area (Å²) in [5.74, 6) is -0.566. The minimum atomic E-state index is -4.10. The zero-order chi connectivity index (χ0) is 25.5. The smallest absolute Gasteiger partial charge is 0.438 e. The lowest BCUT2D eigenvalue weighted by Gasteiger charge is -2.23. The minimum absolute atomic E-state index is 0.0587. The van der Waals surface area contributed by atoms with Gasteiger partial charge in [0.1, 0.15) is 11.8 Å². The first-order valence-corrected chi connectivity index (χ1v) is 13.0. The van der Waals surface area contributed by atoms with E-state index >= 15 is 0 Å². The first-order valence-electron chi connectivity index (χ1n) is 11.6. The van der Waals surface area contributed by atoms with E-state index in [1.165, 1.54) is 42.9 Å². The molecule has 36 heavy (non-hydrogen) atoms. The van der Waals surface area contributed by atoms with Crippen molar-refractivity contribution in [1.29, 1.82) is 0 Å². The summed E-state index contributed by atoms with van der Waals surface area (Å²) in [5, 5.41) is 22.1. The second kappa shape index (κ2) is 11.6. The topological polar surface area (TPSA) is 151 Å². The normalized spacial score (nSPS) is 15.1. The summed E-state index contributed by atoms with van der Waals surface area (Å²) in [5.41, 5.74) is 0.747. The first-order chi connectivity index (χ1) is 17.3. The number of benzene rings is 2. The van der Waals surface area contributed by atoms with Gasteiger partial charge in [-0.15, -0.1) is 0 Å². The van der Waals surface area contributed by atoms with E-state index in [4.69, 9.17) is 4.74 Å². The molecule has 0 aliphatic heterocycles. The number of amides is 1. The van der Waals surface area contributed by atoms with Gasteiger partial charge in [0.25, 0.3) is 0 Å². The molecule has 1 aliphatic carbocycles. The molecular weight excluding hydrogens is 483 g/mol. The lowest BCUT2D eigenvalue weighted by molar-refractivity contribution is -0.123. The highest BCUT2D eigenvalue weighted by molar-refractivity contribution is 7.89. The number of carbonyl (C=O) groups excluding carboxylic acids is 1. The summed E-state index contributed by atoms with van der Waals surface area (Å²) in [7, 11) is -5.85. The van der Waals surface area contributed by atoms with Gasteiger partial charge in [0.15, 0.2) is 0 Å². The van der Waals surface area contributed by atoms with Crippen molar-refractivity contribution >= 4 is 23.0 Å². The van der Waals surface area contributed by atoms with Crippen molar-refractivity contribution in [3.8, 4) is 11.6 Å². The molecule has 0 radical (unpaired) electrons. The molecule has 12 heteroatoms. The number of ether oxygens (including phenoxy) is 1. The second-order valence-corrected chi connectivity index (χ2v) is 10.4. The van der Waals surface area contributed by atoms with Crippen LogP contribution in [0.15, 0.2) is 78.1 Å². The van der Waals surface area contributed by atoms with Gasteiger partial charge in [0.05, 0.1) is 17.0 Å². The lowest BCUT2D eigenvalue weighted by Crippen LogP contribution is -2.54. The van der Waals surface area contributed by atoms with E-state index in [-0.39, 0.29) is 17.2 Å². The first kappa shape index (κ1) is 25.8. The molecular formula is C24H27BN4O6S. The molecule has 0 bridgehead atoms. The monoisotopic (exact) mass is 510 g/mol. The quantitative estimate of drug-likeness (QED) is 0.268. The minimum Gasteiger partial charge on any atom is -0.438 e. The molecule has 1 fully saturated rings. The van der Waals surface area contributed by atoms with Gasteiger partial charge in [0, 0.05) is 12.4 Å². The van der Waals surface area contributed by atoms with Gasteiger partial charge in [0.2, 0.25) is 21.8 Å². The van der Waals surface area contributed by atoms with E-state index in [0.717, 1.165) is 18.4 Å². The van der Waals surface area contributed by atoms with Crippen molar-refractivity contribution in [3.63, 3.8) is 0 Å². The lowest BCUT2D eigenvalue weighted by atomic mass is 9.76. The van der Waals surface area contributed by atoms with Crippen LogP contribution in [0.1, 0.15) is 24.8 Å². The maximum Gasteiger partial charge on any atom is 0.475 e. The van der Waals surface area contributed by atoms with Crippen LogP contribution in [0.5, 0.6) is 11.6 Å². The Bertz CT molecular complexity index is 1240. The predicted molar refractivity (Wildman–Crippen MR) is 132 cm³/mol. The number of sulfonamides is 1. The van der Waals surface area contributed by atoms with Gasteiger partial charge in [-0.3, -0.25) is 9.78 Å². The number of rotatable bonds is 12. The number of carbonyl (C=O) groups is 1. The molecule has 1 heterocycles. The number of aromatic nitrogens is 2. The van der Waals surface area contributed by atoms with Crippen LogP contribution in [0.4, 0.5) is 0 Å².